The van der Waals surface area contributed by atoms with E-state index in [9.17, 15) is 0 Å². The molecule has 0 N–H and O–H groups in total. The van der Waals surface area contributed by atoms with Gasteiger partial charge in [-0.1, -0.05) is 12.1 Å². The van der Waals surface area contributed by atoms with Crippen molar-refractivity contribution < 1.29 is 4.42 Å². The molecule has 4 bridgehead atoms. The largest absolute Gasteiger partial charge is 0.437 e. The number of piperidine rings is 3. The van der Waals surface area contributed by atoms with Gasteiger partial charge in [0.2, 0.25) is 5.71 Å². The number of hydrogen-bond donors (Lipinski definition) is 0. The van der Waals surface area contributed by atoms with E-state index in [1.54, 1.807) is 0 Å². The topological polar surface area (TPSA) is 29.3 Å². The molecule has 0 spiro atoms. The average molecular weight is 375 g/mol. The van der Waals surface area contributed by atoms with Gasteiger partial charge in [0.25, 0.3) is 0 Å². The molecule has 28 heavy (non-hydrogen) atoms. The molecule has 4 aliphatic rings. The fraction of sp³-hybridized carbons (Fsp3) is 0.560. The summed E-state index contributed by atoms with van der Waals surface area (Å²) in [7, 11) is 0. The summed E-state index contributed by atoms with van der Waals surface area (Å²) in [5.41, 5.74) is 6.28. The average Bonchev–Trinajstić information content (AvgIpc) is 3.00. The number of hydrogen-bond acceptors (Lipinski definition) is 3. The molecule has 4 unspecified atom stereocenters. The summed E-state index contributed by atoms with van der Waals surface area (Å²) in [5.74, 6) is 1.60. The zero-order valence-electron chi connectivity index (χ0n) is 17.7. The van der Waals surface area contributed by atoms with E-state index < -0.39 is 0 Å². The van der Waals surface area contributed by atoms with Crippen LogP contribution in [0.3, 0.4) is 0 Å². The van der Waals surface area contributed by atoms with Gasteiger partial charge >= 0.3 is 0 Å². The molecule has 0 amide bonds. The highest BCUT2D eigenvalue weighted by Gasteiger charge is 2.62. The summed E-state index contributed by atoms with van der Waals surface area (Å²) in [5, 5.41) is 2.39. The van der Waals surface area contributed by atoms with Gasteiger partial charge in [-0.2, -0.15) is 0 Å². The Morgan fingerprint density at radius 3 is 2.68 bits per heavy atom. The highest BCUT2D eigenvalue weighted by atomic mass is 16.3. The van der Waals surface area contributed by atoms with Crippen LogP contribution in [0.25, 0.3) is 22.1 Å². The van der Waals surface area contributed by atoms with Crippen LogP contribution in [0.4, 0.5) is 0 Å². The molecule has 1 aliphatic carbocycles. The van der Waals surface area contributed by atoms with Gasteiger partial charge in [-0.3, -0.25) is 4.90 Å². The number of aromatic nitrogens is 1. The Morgan fingerprint density at radius 2 is 1.86 bits per heavy atom. The Hall–Kier alpha value is -1.87. The lowest BCUT2D eigenvalue weighted by atomic mass is 9.49. The van der Waals surface area contributed by atoms with Gasteiger partial charge in [-0.05, 0) is 83.4 Å². The van der Waals surface area contributed by atoms with Crippen molar-refractivity contribution in [1.29, 1.82) is 0 Å². The third-order valence-electron chi connectivity index (χ3n) is 8.70. The highest BCUT2D eigenvalue weighted by Crippen LogP contribution is 2.62. The van der Waals surface area contributed by atoms with Crippen LogP contribution in [0, 0.1) is 25.7 Å². The summed E-state index contributed by atoms with van der Waals surface area (Å²) in [6, 6.07) is 9.38. The van der Waals surface area contributed by atoms with Crippen molar-refractivity contribution in [2.75, 3.05) is 6.54 Å². The predicted molar refractivity (Wildman–Crippen MR) is 114 cm³/mol. The molecule has 1 saturated carbocycles. The minimum atomic E-state index is 0.202. The van der Waals surface area contributed by atoms with E-state index in [0.29, 0.717) is 11.6 Å². The van der Waals surface area contributed by atoms with Crippen LogP contribution in [0.15, 0.2) is 28.7 Å². The van der Waals surface area contributed by atoms with E-state index in [4.69, 9.17) is 9.40 Å². The molecular formula is C25H30N2O. The van der Waals surface area contributed by atoms with Gasteiger partial charge in [-0.25, -0.2) is 4.98 Å². The monoisotopic (exact) mass is 374 g/mol. The summed E-state index contributed by atoms with van der Waals surface area (Å²) < 4.78 is 6.51. The van der Waals surface area contributed by atoms with Crippen molar-refractivity contribution in [2.45, 2.75) is 70.9 Å². The molecule has 4 fully saturated rings. The third kappa shape index (κ3) is 1.91. The minimum Gasteiger partial charge on any atom is -0.437 e. The van der Waals surface area contributed by atoms with Gasteiger partial charge in [0, 0.05) is 45.6 Å². The maximum absolute atomic E-state index is 6.51. The molecule has 5 heterocycles. The summed E-state index contributed by atoms with van der Waals surface area (Å²) in [6.07, 6.45) is 3.99. The first kappa shape index (κ1) is 17.0. The van der Waals surface area contributed by atoms with Gasteiger partial charge in [-0.15, -0.1) is 0 Å². The first-order chi connectivity index (χ1) is 13.3. The standard InChI is InChI=1S/C25H30N2O/c1-14-6-8-19-20-9-7-15(2)26-23(20)28-22(19)21(14)25-11-17-10-18(12-25)24(4,5)27(13-17)16(25)3/h6-9,16-18H,10-13H2,1-5H3/t16-,17?,18?,25?/m1/s1. The van der Waals surface area contributed by atoms with Crippen LogP contribution in [0.1, 0.15) is 56.9 Å². The highest BCUT2D eigenvalue weighted by molar-refractivity contribution is 6.05. The quantitative estimate of drug-likeness (QED) is 0.543. The molecule has 146 valence electrons. The molecule has 7 rings (SSSR count). The summed E-state index contributed by atoms with van der Waals surface area (Å²) in [4.78, 5) is 7.52. The molecule has 3 nitrogen and oxygen atoms in total. The van der Waals surface area contributed by atoms with E-state index in [-0.39, 0.29) is 5.41 Å². The van der Waals surface area contributed by atoms with Crippen molar-refractivity contribution >= 4 is 22.1 Å². The number of aryl methyl sites for hydroxylation is 2. The Balaban J connectivity index is 1.64. The molecule has 3 aliphatic heterocycles. The number of nitrogens with zero attached hydrogens (tertiary/aromatic N) is 2. The van der Waals surface area contributed by atoms with Crippen molar-refractivity contribution in [1.82, 2.24) is 9.88 Å². The van der Waals surface area contributed by atoms with E-state index in [2.05, 4.69) is 56.9 Å². The van der Waals surface area contributed by atoms with Gasteiger partial charge in [0.15, 0.2) is 0 Å². The molecular weight excluding hydrogens is 344 g/mol. The first-order valence-corrected chi connectivity index (χ1v) is 10.9. The zero-order valence-corrected chi connectivity index (χ0v) is 17.7. The lowest BCUT2D eigenvalue weighted by Crippen LogP contribution is -2.73. The SMILES string of the molecule is Cc1ccc2c(n1)oc1c(C34CC5CC(C3)C(C)(C)N(C5)[C@@H]4C)c(C)ccc12. The third-order valence-corrected chi connectivity index (χ3v) is 8.70. The number of benzene rings is 1. The number of pyridine rings is 1. The molecule has 2 aromatic heterocycles. The second kappa shape index (κ2) is 5.18. The van der Waals surface area contributed by atoms with Crippen LogP contribution in [0.5, 0.6) is 0 Å². The second-order valence-electron chi connectivity index (χ2n) is 10.4. The summed E-state index contributed by atoms with van der Waals surface area (Å²) in [6.45, 7) is 13.0. The molecule has 5 atom stereocenters. The lowest BCUT2D eigenvalue weighted by Gasteiger charge is -2.69. The predicted octanol–water partition coefficient (Wildman–Crippen LogP) is 5.75. The maximum Gasteiger partial charge on any atom is 0.227 e. The molecule has 0 radical (unpaired) electrons. The van der Waals surface area contributed by atoms with Crippen LogP contribution >= 0.6 is 0 Å². The number of fused-ring (bicyclic) bond motifs is 3. The fourth-order valence-electron chi connectivity index (χ4n) is 7.27. The normalized spacial score (nSPS) is 35.9. The first-order valence-electron chi connectivity index (χ1n) is 10.9. The molecule has 3 heteroatoms. The van der Waals surface area contributed by atoms with Crippen molar-refractivity contribution in [3.05, 3.63) is 41.1 Å². The number of rotatable bonds is 1. The van der Waals surface area contributed by atoms with Crippen LogP contribution in [-0.4, -0.2) is 28.0 Å². The lowest BCUT2D eigenvalue weighted by molar-refractivity contribution is -0.156. The Bertz CT molecular complexity index is 1130. The minimum absolute atomic E-state index is 0.202. The van der Waals surface area contributed by atoms with Crippen LogP contribution in [0.2, 0.25) is 0 Å². The van der Waals surface area contributed by atoms with Gasteiger partial charge in [0.05, 0.1) is 0 Å². The molecule has 3 saturated heterocycles. The maximum atomic E-state index is 6.51. The smallest absolute Gasteiger partial charge is 0.227 e. The Morgan fingerprint density at radius 1 is 1.07 bits per heavy atom. The van der Waals surface area contributed by atoms with E-state index in [0.717, 1.165) is 34.2 Å². The molecule has 1 aromatic carbocycles. The fourth-order valence-corrected chi connectivity index (χ4v) is 7.27. The van der Waals surface area contributed by atoms with Crippen LogP contribution in [-0.2, 0) is 5.41 Å². The Kier molecular flexibility index (Phi) is 3.15. The van der Waals surface area contributed by atoms with E-state index in [1.165, 1.54) is 42.3 Å². The summed E-state index contributed by atoms with van der Waals surface area (Å²) >= 11 is 0. The van der Waals surface area contributed by atoms with E-state index >= 15 is 0 Å². The van der Waals surface area contributed by atoms with Crippen molar-refractivity contribution in [3.63, 3.8) is 0 Å². The number of furan rings is 1. The zero-order chi connectivity index (χ0) is 19.4. The molecule has 3 aromatic rings. The van der Waals surface area contributed by atoms with E-state index in [1.807, 2.05) is 6.92 Å². The van der Waals surface area contributed by atoms with Crippen molar-refractivity contribution in [3.8, 4) is 0 Å². The van der Waals surface area contributed by atoms with Crippen molar-refractivity contribution in [2.24, 2.45) is 11.8 Å². The van der Waals surface area contributed by atoms with Crippen LogP contribution < -0.4 is 0 Å². The Labute approximate surface area is 167 Å². The van der Waals surface area contributed by atoms with Gasteiger partial charge in [0.1, 0.15) is 5.58 Å². The second-order valence-corrected chi connectivity index (χ2v) is 10.4. The van der Waals surface area contributed by atoms with Gasteiger partial charge < -0.3 is 4.42 Å².